The SMILES string of the molecule is COC(=O)C1CCCCN1Cc1cccc(F)c1. The smallest absolute Gasteiger partial charge is 0.323 e. The zero-order chi connectivity index (χ0) is 13.0. The average molecular weight is 251 g/mol. The van der Waals surface area contributed by atoms with Gasteiger partial charge >= 0.3 is 5.97 Å². The molecule has 1 unspecified atom stereocenters. The van der Waals surface area contributed by atoms with Crippen molar-refractivity contribution in [2.45, 2.75) is 31.8 Å². The van der Waals surface area contributed by atoms with E-state index in [1.165, 1.54) is 19.2 Å². The van der Waals surface area contributed by atoms with Gasteiger partial charge in [0, 0.05) is 6.54 Å². The number of ether oxygens (including phenoxy) is 1. The Morgan fingerprint density at radius 1 is 1.50 bits per heavy atom. The molecule has 1 aromatic carbocycles. The van der Waals surface area contributed by atoms with Gasteiger partial charge in [0.2, 0.25) is 0 Å². The third kappa shape index (κ3) is 3.07. The molecule has 1 aromatic rings. The van der Waals surface area contributed by atoms with E-state index in [0.717, 1.165) is 31.4 Å². The number of likely N-dealkylation sites (tertiary alicyclic amines) is 1. The first-order valence-electron chi connectivity index (χ1n) is 6.27. The molecule has 1 aliphatic heterocycles. The topological polar surface area (TPSA) is 29.5 Å². The number of carbonyl (C=O) groups excluding carboxylic acids is 1. The highest BCUT2D eigenvalue weighted by atomic mass is 19.1. The van der Waals surface area contributed by atoms with Gasteiger partial charge in [-0.25, -0.2) is 4.39 Å². The average Bonchev–Trinajstić information content (AvgIpc) is 2.38. The number of hydrogen-bond donors (Lipinski definition) is 0. The molecule has 0 aliphatic carbocycles. The van der Waals surface area contributed by atoms with Gasteiger partial charge in [-0.2, -0.15) is 0 Å². The minimum Gasteiger partial charge on any atom is -0.468 e. The quantitative estimate of drug-likeness (QED) is 0.772. The molecule has 0 saturated carbocycles. The van der Waals surface area contributed by atoms with E-state index in [1.54, 1.807) is 6.07 Å². The zero-order valence-electron chi connectivity index (χ0n) is 10.6. The van der Waals surface area contributed by atoms with Gasteiger partial charge in [0.1, 0.15) is 11.9 Å². The molecule has 2 rings (SSSR count). The van der Waals surface area contributed by atoms with Crippen molar-refractivity contribution in [3.63, 3.8) is 0 Å². The molecule has 0 bridgehead atoms. The lowest BCUT2D eigenvalue weighted by molar-refractivity contribution is -0.148. The van der Waals surface area contributed by atoms with E-state index >= 15 is 0 Å². The largest absolute Gasteiger partial charge is 0.468 e. The maximum absolute atomic E-state index is 13.1. The molecule has 0 spiro atoms. The number of carbonyl (C=O) groups is 1. The Hall–Kier alpha value is -1.42. The first kappa shape index (κ1) is 13.0. The molecule has 1 atom stereocenters. The van der Waals surface area contributed by atoms with Crippen molar-refractivity contribution in [1.82, 2.24) is 4.90 Å². The van der Waals surface area contributed by atoms with E-state index in [0.29, 0.717) is 6.54 Å². The molecule has 18 heavy (non-hydrogen) atoms. The molecular weight excluding hydrogens is 233 g/mol. The predicted octanol–water partition coefficient (Wildman–Crippen LogP) is 2.35. The van der Waals surface area contributed by atoms with Crippen molar-refractivity contribution >= 4 is 5.97 Å². The third-order valence-electron chi connectivity index (χ3n) is 3.36. The number of benzene rings is 1. The molecule has 1 saturated heterocycles. The van der Waals surface area contributed by atoms with E-state index in [9.17, 15) is 9.18 Å². The van der Waals surface area contributed by atoms with Crippen molar-refractivity contribution in [2.75, 3.05) is 13.7 Å². The first-order valence-corrected chi connectivity index (χ1v) is 6.27. The molecule has 1 fully saturated rings. The summed E-state index contributed by atoms with van der Waals surface area (Å²) in [7, 11) is 1.41. The number of piperidine rings is 1. The van der Waals surface area contributed by atoms with Crippen LogP contribution in [0.5, 0.6) is 0 Å². The van der Waals surface area contributed by atoms with E-state index < -0.39 is 0 Å². The van der Waals surface area contributed by atoms with Gasteiger partial charge in [-0.1, -0.05) is 18.6 Å². The van der Waals surface area contributed by atoms with Crippen molar-refractivity contribution in [3.8, 4) is 0 Å². The van der Waals surface area contributed by atoms with Crippen LogP contribution in [0.25, 0.3) is 0 Å². The first-order chi connectivity index (χ1) is 8.70. The summed E-state index contributed by atoms with van der Waals surface area (Å²) >= 11 is 0. The number of nitrogens with zero attached hydrogens (tertiary/aromatic N) is 1. The summed E-state index contributed by atoms with van der Waals surface area (Å²) in [5, 5.41) is 0. The maximum Gasteiger partial charge on any atom is 0.323 e. The Kier molecular flexibility index (Phi) is 4.31. The minimum atomic E-state index is -0.237. The van der Waals surface area contributed by atoms with Crippen LogP contribution >= 0.6 is 0 Å². The fourth-order valence-electron chi connectivity index (χ4n) is 2.45. The van der Waals surface area contributed by atoms with Crippen molar-refractivity contribution in [3.05, 3.63) is 35.6 Å². The second-order valence-corrected chi connectivity index (χ2v) is 4.64. The van der Waals surface area contributed by atoms with Crippen LogP contribution in [-0.2, 0) is 16.1 Å². The standard InChI is InChI=1S/C14H18FNO2/c1-18-14(17)13-7-2-3-8-16(13)10-11-5-4-6-12(15)9-11/h4-6,9,13H,2-3,7-8,10H2,1H3. The van der Waals surface area contributed by atoms with Gasteiger partial charge in [-0.05, 0) is 37.1 Å². The molecule has 0 N–H and O–H groups in total. The number of esters is 1. The van der Waals surface area contributed by atoms with Crippen LogP contribution in [0.15, 0.2) is 24.3 Å². The molecule has 1 heterocycles. The fraction of sp³-hybridized carbons (Fsp3) is 0.500. The van der Waals surface area contributed by atoms with Crippen LogP contribution in [0.2, 0.25) is 0 Å². The summed E-state index contributed by atoms with van der Waals surface area (Å²) in [6.45, 7) is 1.45. The van der Waals surface area contributed by atoms with Crippen LogP contribution in [0, 0.1) is 5.82 Å². The second-order valence-electron chi connectivity index (χ2n) is 4.64. The van der Waals surface area contributed by atoms with Crippen LogP contribution in [0.3, 0.4) is 0 Å². The monoisotopic (exact) mass is 251 g/mol. The molecule has 98 valence electrons. The number of hydrogen-bond acceptors (Lipinski definition) is 3. The Morgan fingerprint density at radius 2 is 2.33 bits per heavy atom. The summed E-state index contributed by atoms with van der Waals surface area (Å²) in [6.07, 6.45) is 2.93. The lowest BCUT2D eigenvalue weighted by Gasteiger charge is -2.33. The molecule has 0 aromatic heterocycles. The molecule has 4 heteroatoms. The van der Waals surface area contributed by atoms with Crippen molar-refractivity contribution in [2.24, 2.45) is 0 Å². The van der Waals surface area contributed by atoms with Gasteiger partial charge in [0.05, 0.1) is 7.11 Å². The van der Waals surface area contributed by atoms with Crippen LogP contribution in [0.4, 0.5) is 4.39 Å². The van der Waals surface area contributed by atoms with Crippen LogP contribution in [0.1, 0.15) is 24.8 Å². The van der Waals surface area contributed by atoms with Crippen LogP contribution in [-0.4, -0.2) is 30.6 Å². The van der Waals surface area contributed by atoms with Gasteiger partial charge in [-0.3, -0.25) is 9.69 Å². The van der Waals surface area contributed by atoms with Crippen molar-refractivity contribution in [1.29, 1.82) is 0 Å². The van der Waals surface area contributed by atoms with Gasteiger partial charge in [0.25, 0.3) is 0 Å². The predicted molar refractivity (Wildman–Crippen MR) is 66.5 cm³/mol. The fourth-order valence-corrected chi connectivity index (χ4v) is 2.45. The normalized spacial score (nSPS) is 20.7. The van der Waals surface area contributed by atoms with Crippen LogP contribution < -0.4 is 0 Å². The van der Waals surface area contributed by atoms with Crippen molar-refractivity contribution < 1.29 is 13.9 Å². The van der Waals surface area contributed by atoms with Gasteiger partial charge < -0.3 is 4.74 Å². The molecule has 0 amide bonds. The maximum atomic E-state index is 13.1. The number of rotatable bonds is 3. The second kappa shape index (κ2) is 5.96. The lowest BCUT2D eigenvalue weighted by Crippen LogP contribution is -2.44. The summed E-state index contributed by atoms with van der Waals surface area (Å²) in [4.78, 5) is 13.8. The lowest BCUT2D eigenvalue weighted by atomic mass is 10.0. The van der Waals surface area contributed by atoms with Gasteiger partial charge in [0.15, 0.2) is 0 Å². The Bertz CT molecular complexity index is 422. The Labute approximate surface area is 107 Å². The summed E-state index contributed by atoms with van der Waals surface area (Å²) in [5.41, 5.74) is 0.894. The third-order valence-corrected chi connectivity index (χ3v) is 3.36. The number of halogens is 1. The molecule has 1 aliphatic rings. The summed E-state index contributed by atoms with van der Waals surface area (Å²) in [5.74, 6) is -0.426. The number of methoxy groups -OCH3 is 1. The highest BCUT2D eigenvalue weighted by Gasteiger charge is 2.29. The highest BCUT2D eigenvalue weighted by Crippen LogP contribution is 2.20. The van der Waals surface area contributed by atoms with Gasteiger partial charge in [-0.15, -0.1) is 0 Å². The summed E-state index contributed by atoms with van der Waals surface area (Å²) in [6, 6.07) is 6.33. The Balaban J connectivity index is 2.07. The minimum absolute atomic E-state index is 0.188. The summed E-state index contributed by atoms with van der Waals surface area (Å²) < 4.78 is 18.0. The molecule has 3 nitrogen and oxygen atoms in total. The zero-order valence-corrected chi connectivity index (χ0v) is 10.6. The Morgan fingerprint density at radius 3 is 3.06 bits per heavy atom. The van der Waals surface area contributed by atoms with E-state index in [4.69, 9.17) is 4.74 Å². The van der Waals surface area contributed by atoms with E-state index in [2.05, 4.69) is 4.90 Å². The van der Waals surface area contributed by atoms with E-state index in [-0.39, 0.29) is 17.8 Å². The molecule has 0 radical (unpaired) electrons. The molecular formula is C14H18FNO2. The highest BCUT2D eigenvalue weighted by molar-refractivity contribution is 5.75. The van der Waals surface area contributed by atoms with E-state index in [1.807, 2.05) is 6.07 Å².